The Labute approximate surface area is 118 Å². The second kappa shape index (κ2) is 8.54. The van der Waals surface area contributed by atoms with E-state index in [0.29, 0.717) is 24.8 Å². The first kappa shape index (κ1) is 16.4. The van der Waals surface area contributed by atoms with Gasteiger partial charge in [0.2, 0.25) is 5.91 Å². The van der Waals surface area contributed by atoms with E-state index in [1.807, 2.05) is 0 Å². The van der Waals surface area contributed by atoms with Crippen LogP contribution in [0.2, 0.25) is 0 Å². The molecule has 4 nitrogen and oxygen atoms in total. The molecule has 1 saturated heterocycles. The molecule has 0 aromatic carbocycles. The van der Waals surface area contributed by atoms with Crippen molar-refractivity contribution >= 4 is 5.91 Å². The van der Waals surface area contributed by atoms with Crippen molar-refractivity contribution in [2.75, 3.05) is 26.2 Å². The van der Waals surface area contributed by atoms with E-state index in [-0.39, 0.29) is 11.9 Å². The summed E-state index contributed by atoms with van der Waals surface area (Å²) in [5.74, 6) is 1.07. The number of nitrogens with two attached hydrogens (primary N) is 1. The lowest BCUT2D eigenvalue weighted by Crippen LogP contribution is -2.42. The second-order valence-corrected chi connectivity index (χ2v) is 6.41. The molecule has 2 unspecified atom stereocenters. The molecule has 112 valence electrons. The zero-order chi connectivity index (χ0) is 14.3. The predicted octanol–water partition coefficient (Wildman–Crippen LogP) is 1.60. The molecule has 4 heteroatoms. The number of amides is 1. The van der Waals surface area contributed by atoms with Crippen molar-refractivity contribution in [3.63, 3.8) is 0 Å². The molecular weight excluding hydrogens is 238 g/mol. The third-order valence-corrected chi connectivity index (χ3v) is 3.75. The number of carbonyl (C=O) groups excluding carboxylic acids is 1. The Morgan fingerprint density at radius 3 is 2.42 bits per heavy atom. The first-order valence-electron chi connectivity index (χ1n) is 7.73. The molecule has 19 heavy (non-hydrogen) atoms. The van der Waals surface area contributed by atoms with Gasteiger partial charge in [0.15, 0.2) is 0 Å². The van der Waals surface area contributed by atoms with E-state index in [1.54, 1.807) is 0 Å². The van der Waals surface area contributed by atoms with Crippen molar-refractivity contribution in [3.8, 4) is 0 Å². The van der Waals surface area contributed by atoms with Gasteiger partial charge in [0.05, 0.1) is 0 Å². The topological polar surface area (TPSA) is 58.4 Å². The van der Waals surface area contributed by atoms with E-state index in [1.165, 1.54) is 25.9 Å². The van der Waals surface area contributed by atoms with Gasteiger partial charge < -0.3 is 16.0 Å². The summed E-state index contributed by atoms with van der Waals surface area (Å²) in [5, 5.41) is 3.11. The Kier molecular flexibility index (Phi) is 7.39. The van der Waals surface area contributed by atoms with E-state index in [0.717, 1.165) is 13.0 Å². The summed E-state index contributed by atoms with van der Waals surface area (Å²) in [6.45, 7) is 10.4. The molecule has 0 aromatic rings. The third-order valence-electron chi connectivity index (χ3n) is 3.75. The van der Waals surface area contributed by atoms with Crippen LogP contribution in [0, 0.1) is 11.8 Å². The summed E-state index contributed by atoms with van der Waals surface area (Å²) in [7, 11) is 0. The van der Waals surface area contributed by atoms with Gasteiger partial charge in [-0.1, -0.05) is 13.8 Å². The minimum absolute atomic E-state index is 0.155. The molecule has 0 aliphatic carbocycles. The van der Waals surface area contributed by atoms with E-state index in [9.17, 15) is 4.79 Å². The Bertz CT molecular complexity index is 262. The van der Waals surface area contributed by atoms with Crippen LogP contribution in [-0.2, 0) is 4.79 Å². The standard InChI is InChI=1S/C15H31N3O/c1-12(2)8-14(10-16)9-15(19)17-13(3)11-18-6-4-5-7-18/h12-14H,4-11,16H2,1-3H3,(H,17,19). The van der Waals surface area contributed by atoms with Gasteiger partial charge >= 0.3 is 0 Å². The number of nitrogens with zero attached hydrogens (tertiary/aromatic N) is 1. The molecule has 1 fully saturated rings. The maximum absolute atomic E-state index is 12.0. The largest absolute Gasteiger partial charge is 0.352 e. The number of likely N-dealkylation sites (tertiary alicyclic amines) is 1. The van der Waals surface area contributed by atoms with Gasteiger partial charge in [-0.2, -0.15) is 0 Å². The number of carbonyl (C=O) groups is 1. The zero-order valence-electron chi connectivity index (χ0n) is 12.8. The molecule has 1 amide bonds. The van der Waals surface area contributed by atoms with Crippen LogP contribution >= 0.6 is 0 Å². The van der Waals surface area contributed by atoms with E-state index >= 15 is 0 Å². The van der Waals surface area contributed by atoms with Gasteiger partial charge in [-0.3, -0.25) is 4.79 Å². The lowest BCUT2D eigenvalue weighted by Gasteiger charge is -2.22. The molecule has 1 aliphatic heterocycles. The third kappa shape index (κ3) is 6.92. The van der Waals surface area contributed by atoms with Crippen molar-refractivity contribution in [1.82, 2.24) is 10.2 Å². The molecule has 1 rings (SSSR count). The van der Waals surface area contributed by atoms with Gasteiger partial charge in [0.25, 0.3) is 0 Å². The molecule has 3 N–H and O–H groups in total. The number of nitrogens with one attached hydrogen (secondary N) is 1. The van der Waals surface area contributed by atoms with Gasteiger partial charge in [0, 0.05) is 19.0 Å². The fourth-order valence-corrected chi connectivity index (χ4v) is 2.92. The van der Waals surface area contributed by atoms with Gasteiger partial charge in [0.1, 0.15) is 0 Å². The van der Waals surface area contributed by atoms with Crippen LogP contribution < -0.4 is 11.1 Å². The van der Waals surface area contributed by atoms with Crippen LogP contribution in [0.15, 0.2) is 0 Å². The summed E-state index contributed by atoms with van der Waals surface area (Å²) >= 11 is 0. The van der Waals surface area contributed by atoms with Crippen LogP contribution in [-0.4, -0.2) is 43.0 Å². The number of hydrogen-bond acceptors (Lipinski definition) is 3. The molecule has 0 saturated carbocycles. The second-order valence-electron chi connectivity index (χ2n) is 6.41. The lowest BCUT2D eigenvalue weighted by atomic mass is 9.94. The summed E-state index contributed by atoms with van der Waals surface area (Å²) in [5.41, 5.74) is 5.74. The zero-order valence-corrected chi connectivity index (χ0v) is 12.8. The monoisotopic (exact) mass is 269 g/mol. The van der Waals surface area contributed by atoms with Gasteiger partial charge in [-0.25, -0.2) is 0 Å². The van der Waals surface area contributed by atoms with Crippen molar-refractivity contribution in [3.05, 3.63) is 0 Å². The minimum atomic E-state index is 0.155. The van der Waals surface area contributed by atoms with E-state index < -0.39 is 0 Å². The van der Waals surface area contributed by atoms with Crippen LogP contribution in [0.5, 0.6) is 0 Å². The molecular formula is C15H31N3O. The smallest absolute Gasteiger partial charge is 0.220 e. The van der Waals surface area contributed by atoms with Crippen LogP contribution in [0.3, 0.4) is 0 Å². The quantitative estimate of drug-likeness (QED) is 0.703. The minimum Gasteiger partial charge on any atom is -0.352 e. The number of hydrogen-bond donors (Lipinski definition) is 2. The van der Waals surface area contributed by atoms with Gasteiger partial charge in [-0.15, -0.1) is 0 Å². The van der Waals surface area contributed by atoms with Gasteiger partial charge in [-0.05, 0) is 57.7 Å². The Morgan fingerprint density at radius 1 is 1.26 bits per heavy atom. The van der Waals surface area contributed by atoms with Crippen molar-refractivity contribution in [2.45, 2.75) is 52.5 Å². The number of rotatable bonds is 8. The maximum Gasteiger partial charge on any atom is 0.220 e. The first-order valence-corrected chi connectivity index (χ1v) is 7.73. The van der Waals surface area contributed by atoms with Crippen LogP contribution in [0.1, 0.15) is 46.5 Å². The Morgan fingerprint density at radius 2 is 1.89 bits per heavy atom. The maximum atomic E-state index is 12.0. The van der Waals surface area contributed by atoms with Crippen LogP contribution in [0.4, 0.5) is 0 Å². The Hall–Kier alpha value is -0.610. The summed E-state index contributed by atoms with van der Waals surface area (Å²) in [4.78, 5) is 14.4. The summed E-state index contributed by atoms with van der Waals surface area (Å²) in [6.07, 6.45) is 4.19. The molecule has 1 aliphatic rings. The summed E-state index contributed by atoms with van der Waals surface area (Å²) in [6, 6.07) is 0.239. The molecule has 0 aromatic heterocycles. The highest BCUT2D eigenvalue weighted by atomic mass is 16.1. The molecule has 0 bridgehead atoms. The SMILES string of the molecule is CC(C)CC(CN)CC(=O)NC(C)CN1CCCC1. The van der Waals surface area contributed by atoms with E-state index in [4.69, 9.17) is 5.73 Å². The normalized spacial score (nSPS) is 19.6. The van der Waals surface area contributed by atoms with Crippen molar-refractivity contribution in [2.24, 2.45) is 17.6 Å². The van der Waals surface area contributed by atoms with Crippen molar-refractivity contribution in [1.29, 1.82) is 0 Å². The fourth-order valence-electron chi connectivity index (χ4n) is 2.92. The first-order chi connectivity index (χ1) is 9.01. The molecule has 0 radical (unpaired) electrons. The average Bonchev–Trinajstić information content (AvgIpc) is 2.79. The molecule has 2 atom stereocenters. The van der Waals surface area contributed by atoms with Crippen LogP contribution in [0.25, 0.3) is 0 Å². The highest BCUT2D eigenvalue weighted by Gasteiger charge is 2.18. The highest BCUT2D eigenvalue weighted by molar-refractivity contribution is 5.76. The van der Waals surface area contributed by atoms with E-state index in [2.05, 4.69) is 31.0 Å². The highest BCUT2D eigenvalue weighted by Crippen LogP contribution is 2.14. The lowest BCUT2D eigenvalue weighted by molar-refractivity contribution is -0.122. The Balaban J connectivity index is 2.24. The fraction of sp³-hybridized carbons (Fsp3) is 0.933. The molecule has 1 heterocycles. The van der Waals surface area contributed by atoms with Crippen molar-refractivity contribution < 1.29 is 4.79 Å². The summed E-state index contributed by atoms with van der Waals surface area (Å²) < 4.78 is 0. The molecule has 0 spiro atoms. The average molecular weight is 269 g/mol. The predicted molar refractivity (Wildman–Crippen MR) is 79.9 cm³/mol.